The molecule has 0 aromatic heterocycles. The molecular weight excluding hydrogens is 162 g/mol. The summed E-state index contributed by atoms with van der Waals surface area (Å²) >= 11 is 0. The van der Waals surface area contributed by atoms with Crippen molar-refractivity contribution in [1.82, 2.24) is 5.43 Å². The molecule has 68 valence electrons. The monoisotopic (exact) mass is 175 g/mol. The molecule has 1 heterocycles. The van der Waals surface area contributed by atoms with Crippen molar-refractivity contribution in [2.45, 2.75) is 13.0 Å². The summed E-state index contributed by atoms with van der Waals surface area (Å²) in [4.78, 5) is 0. The molecule has 0 saturated heterocycles. The van der Waals surface area contributed by atoms with Gasteiger partial charge < -0.3 is 5.73 Å². The van der Waals surface area contributed by atoms with Gasteiger partial charge in [0, 0.05) is 0 Å². The lowest BCUT2D eigenvalue weighted by molar-refractivity contribution is 0.709. The highest BCUT2D eigenvalue weighted by Crippen LogP contribution is 2.18. The van der Waals surface area contributed by atoms with E-state index in [9.17, 15) is 0 Å². The van der Waals surface area contributed by atoms with E-state index in [0.29, 0.717) is 6.04 Å². The Balaban J connectivity index is 2.21. The number of hydrogen-bond donors (Lipinski definition) is 2. The zero-order chi connectivity index (χ0) is 9.26. The molecule has 1 aromatic rings. The maximum absolute atomic E-state index is 5.66. The van der Waals surface area contributed by atoms with Crippen molar-refractivity contribution >= 4 is 5.69 Å². The molecule has 1 atom stereocenters. The Kier molecular flexibility index (Phi) is 1.85. The third-order valence-corrected chi connectivity index (χ3v) is 2.11. The van der Waals surface area contributed by atoms with E-state index in [-0.39, 0.29) is 0 Å². The number of nitrogens with one attached hydrogen (secondary N) is 1. The molecule has 3 nitrogen and oxygen atoms in total. The molecule has 0 aliphatic carbocycles. The summed E-state index contributed by atoms with van der Waals surface area (Å²) in [5.41, 5.74) is 9.88. The SMILES string of the molecule is CC1C=C(N)NN1c1ccccc1. The molecule has 3 N–H and O–H groups in total. The summed E-state index contributed by atoms with van der Waals surface area (Å²) < 4.78 is 0. The van der Waals surface area contributed by atoms with Crippen molar-refractivity contribution < 1.29 is 0 Å². The lowest BCUT2D eigenvalue weighted by Crippen LogP contribution is -2.38. The zero-order valence-corrected chi connectivity index (χ0v) is 7.57. The van der Waals surface area contributed by atoms with Crippen molar-refractivity contribution in [2.75, 3.05) is 5.01 Å². The average molecular weight is 175 g/mol. The lowest BCUT2D eigenvalue weighted by Gasteiger charge is -2.23. The minimum absolute atomic E-state index is 0.308. The Morgan fingerprint density at radius 2 is 2.00 bits per heavy atom. The second-order valence-electron chi connectivity index (χ2n) is 3.18. The van der Waals surface area contributed by atoms with Gasteiger partial charge >= 0.3 is 0 Å². The molecule has 0 radical (unpaired) electrons. The van der Waals surface area contributed by atoms with Gasteiger partial charge in [-0.05, 0) is 25.1 Å². The lowest BCUT2D eigenvalue weighted by atomic mass is 10.2. The zero-order valence-electron chi connectivity index (χ0n) is 7.57. The van der Waals surface area contributed by atoms with Crippen LogP contribution in [0.2, 0.25) is 0 Å². The smallest absolute Gasteiger partial charge is 0.113 e. The van der Waals surface area contributed by atoms with E-state index >= 15 is 0 Å². The highest BCUT2D eigenvalue weighted by Gasteiger charge is 2.18. The topological polar surface area (TPSA) is 41.3 Å². The van der Waals surface area contributed by atoms with E-state index in [2.05, 4.69) is 24.5 Å². The number of hydrogen-bond acceptors (Lipinski definition) is 3. The maximum atomic E-state index is 5.66. The van der Waals surface area contributed by atoms with Crippen LogP contribution in [0.4, 0.5) is 5.69 Å². The molecule has 13 heavy (non-hydrogen) atoms. The van der Waals surface area contributed by atoms with E-state index < -0.39 is 0 Å². The quantitative estimate of drug-likeness (QED) is 0.674. The summed E-state index contributed by atoms with van der Waals surface area (Å²) in [6.45, 7) is 2.10. The third-order valence-electron chi connectivity index (χ3n) is 2.11. The first-order valence-electron chi connectivity index (χ1n) is 4.35. The fraction of sp³-hybridized carbons (Fsp3) is 0.200. The second kappa shape index (κ2) is 3.01. The fourth-order valence-electron chi connectivity index (χ4n) is 1.50. The highest BCUT2D eigenvalue weighted by molar-refractivity contribution is 5.49. The molecule has 0 amide bonds. The Hall–Kier alpha value is -1.64. The van der Waals surface area contributed by atoms with Gasteiger partial charge in [0.1, 0.15) is 5.82 Å². The standard InChI is InChI=1S/C10H13N3/c1-8-7-10(11)12-13(8)9-5-3-2-4-6-9/h2-8,12H,11H2,1H3. The van der Waals surface area contributed by atoms with Crippen LogP contribution in [0.25, 0.3) is 0 Å². The first-order chi connectivity index (χ1) is 6.27. The largest absolute Gasteiger partial charge is 0.384 e. The Labute approximate surface area is 77.8 Å². The van der Waals surface area contributed by atoms with Gasteiger partial charge in [0.25, 0.3) is 0 Å². The molecule has 0 bridgehead atoms. The van der Waals surface area contributed by atoms with Gasteiger partial charge in [-0.15, -0.1) is 0 Å². The summed E-state index contributed by atoms with van der Waals surface area (Å²) in [6, 6.07) is 10.4. The molecular formula is C10H13N3. The number of nitrogens with two attached hydrogens (primary N) is 1. The van der Waals surface area contributed by atoms with E-state index in [4.69, 9.17) is 5.73 Å². The van der Waals surface area contributed by atoms with Crippen molar-refractivity contribution in [2.24, 2.45) is 5.73 Å². The van der Waals surface area contributed by atoms with Crippen molar-refractivity contribution in [3.63, 3.8) is 0 Å². The Morgan fingerprint density at radius 1 is 1.31 bits per heavy atom. The molecule has 0 spiro atoms. The number of hydrazine groups is 1. The fourth-order valence-corrected chi connectivity index (χ4v) is 1.50. The van der Waals surface area contributed by atoms with Crippen LogP contribution in [-0.4, -0.2) is 6.04 Å². The van der Waals surface area contributed by atoms with Crippen molar-refractivity contribution in [3.05, 3.63) is 42.2 Å². The average Bonchev–Trinajstić information content (AvgIpc) is 2.47. The van der Waals surface area contributed by atoms with Crippen LogP contribution in [0.1, 0.15) is 6.92 Å². The number of rotatable bonds is 1. The molecule has 1 unspecified atom stereocenters. The summed E-state index contributed by atoms with van der Waals surface area (Å²) in [6.07, 6.45) is 1.99. The van der Waals surface area contributed by atoms with Crippen LogP contribution in [0.5, 0.6) is 0 Å². The van der Waals surface area contributed by atoms with Crippen LogP contribution in [-0.2, 0) is 0 Å². The normalized spacial score (nSPS) is 21.2. The predicted octanol–water partition coefficient (Wildman–Crippen LogP) is 1.20. The van der Waals surface area contributed by atoms with E-state index in [1.807, 2.05) is 29.3 Å². The van der Waals surface area contributed by atoms with Gasteiger partial charge in [-0.2, -0.15) is 0 Å². The van der Waals surface area contributed by atoms with Crippen LogP contribution in [0.3, 0.4) is 0 Å². The molecule has 1 aliphatic rings. The van der Waals surface area contributed by atoms with Gasteiger partial charge in [-0.25, -0.2) is 0 Å². The van der Waals surface area contributed by atoms with Crippen molar-refractivity contribution in [3.8, 4) is 0 Å². The van der Waals surface area contributed by atoms with Gasteiger partial charge in [-0.1, -0.05) is 18.2 Å². The number of anilines is 1. The second-order valence-corrected chi connectivity index (χ2v) is 3.18. The number of para-hydroxylation sites is 1. The molecule has 1 aliphatic heterocycles. The molecule has 2 rings (SSSR count). The molecule has 1 aromatic carbocycles. The molecule has 0 fully saturated rings. The van der Waals surface area contributed by atoms with E-state index in [1.54, 1.807) is 0 Å². The number of benzene rings is 1. The predicted molar refractivity (Wildman–Crippen MR) is 53.8 cm³/mol. The van der Waals surface area contributed by atoms with Gasteiger partial charge in [0.2, 0.25) is 0 Å². The van der Waals surface area contributed by atoms with Gasteiger partial charge in [0.05, 0.1) is 11.7 Å². The van der Waals surface area contributed by atoms with Gasteiger partial charge in [-0.3, -0.25) is 10.4 Å². The molecule has 3 heteroatoms. The summed E-state index contributed by atoms with van der Waals surface area (Å²) in [7, 11) is 0. The van der Waals surface area contributed by atoms with Crippen LogP contribution in [0.15, 0.2) is 42.2 Å². The highest BCUT2D eigenvalue weighted by atomic mass is 15.6. The van der Waals surface area contributed by atoms with Crippen LogP contribution in [0, 0.1) is 0 Å². The summed E-state index contributed by atoms with van der Waals surface area (Å²) in [5.74, 6) is 0.719. The van der Waals surface area contributed by atoms with Gasteiger partial charge in [0.15, 0.2) is 0 Å². The Morgan fingerprint density at radius 3 is 2.54 bits per heavy atom. The van der Waals surface area contributed by atoms with E-state index in [0.717, 1.165) is 11.5 Å². The first-order valence-corrected chi connectivity index (χ1v) is 4.35. The van der Waals surface area contributed by atoms with Crippen LogP contribution < -0.4 is 16.2 Å². The van der Waals surface area contributed by atoms with Crippen molar-refractivity contribution in [1.29, 1.82) is 0 Å². The maximum Gasteiger partial charge on any atom is 0.113 e. The van der Waals surface area contributed by atoms with E-state index in [1.165, 1.54) is 0 Å². The summed E-state index contributed by atoms with van der Waals surface area (Å²) in [5, 5.41) is 2.04. The minimum Gasteiger partial charge on any atom is -0.384 e. The van der Waals surface area contributed by atoms with Crippen LogP contribution >= 0.6 is 0 Å². The minimum atomic E-state index is 0.308. The third kappa shape index (κ3) is 1.45. The Bertz CT molecular complexity index is 318. The molecule has 0 saturated carbocycles. The first kappa shape index (κ1) is 7.98. The number of nitrogens with zero attached hydrogens (tertiary/aromatic N) is 1.